The Bertz CT molecular complexity index is 1500. The number of rotatable bonds is 8. The molecule has 1 spiro atoms. The van der Waals surface area contributed by atoms with E-state index in [9.17, 15) is 14.4 Å². The second-order valence-corrected chi connectivity index (χ2v) is 14.5. The molecule has 4 fully saturated rings. The van der Waals surface area contributed by atoms with Crippen molar-refractivity contribution in [3.63, 3.8) is 0 Å². The van der Waals surface area contributed by atoms with E-state index in [-0.39, 0.29) is 47.3 Å². The molecular formula is C38H46O8. The Labute approximate surface area is 271 Å². The van der Waals surface area contributed by atoms with E-state index in [0.717, 1.165) is 32.1 Å². The summed E-state index contributed by atoms with van der Waals surface area (Å²) in [6.45, 7) is 10.5. The van der Waals surface area contributed by atoms with Gasteiger partial charge in [-0.15, -0.1) is 0 Å². The fourth-order valence-corrected chi connectivity index (χ4v) is 9.91. The van der Waals surface area contributed by atoms with E-state index >= 15 is 0 Å². The Morgan fingerprint density at radius 2 is 1.37 bits per heavy atom. The van der Waals surface area contributed by atoms with Gasteiger partial charge in [-0.2, -0.15) is 0 Å². The van der Waals surface area contributed by atoms with Crippen molar-refractivity contribution < 1.29 is 38.1 Å². The molecule has 6 rings (SSSR count). The van der Waals surface area contributed by atoms with Crippen molar-refractivity contribution in [1.29, 1.82) is 0 Å². The Balaban J connectivity index is 1.36. The quantitative estimate of drug-likeness (QED) is 0.172. The highest BCUT2D eigenvalue weighted by Crippen LogP contribution is 2.73. The molecule has 8 heteroatoms. The highest BCUT2D eigenvalue weighted by atomic mass is 16.6. The number of hydrogen-bond acceptors (Lipinski definition) is 8. The molecule has 1 unspecified atom stereocenters. The van der Waals surface area contributed by atoms with E-state index in [4.69, 9.17) is 23.7 Å². The van der Waals surface area contributed by atoms with Gasteiger partial charge in [-0.1, -0.05) is 26.0 Å². The van der Waals surface area contributed by atoms with E-state index in [0.29, 0.717) is 41.4 Å². The molecule has 4 aliphatic carbocycles. The maximum absolute atomic E-state index is 13.7. The Kier molecular flexibility index (Phi) is 8.45. The summed E-state index contributed by atoms with van der Waals surface area (Å²) >= 11 is 0. The lowest BCUT2D eigenvalue weighted by Crippen LogP contribution is -2.66. The van der Waals surface area contributed by atoms with Crippen LogP contribution in [0.25, 0.3) is 0 Å². The standard InChI is InChI=1S/C38H46O8/c1-23-20-38-21-27(23)11-16-30(38)36(3)18-17-32(45-34(40)25-7-12-28(42-5)13-8-25)37(4,22-44-24(2)39)31(36)19-33(38)46-35(41)26-9-14-29(43-6)15-10-26/h7-10,12-15,27,30-33H,1,11,16-22H2,2-6H3/t27-,30+,31?,32-,33+,36+,37-,38+/m1/s1. The maximum atomic E-state index is 13.7. The molecular weight excluding hydrogens is 584 g/mol. The van der Waals surface area contributed by atoms with Gasteiger partial charge in [-0.05, 0) is 117 Å². The van der Waals surface area contributed by atoms with Crippen LogP contribution < -0.4 is 9.47 Å². The summed E-state index contributed by atoms with van der Waals surface area (Å²) < 4.78 is 29.2. The molecule has 46 heavy (non-hydrogen) atoms. The second-order valence-electron chi connectivity index (χ2n) is 14.5. The molecule has 4 aliphatic rings. The molecule has 8 atom stereocenters. The first-order chi connectivity index (χ1) is 21.9. The van der Waals surface area contributed by atoms with Crippen molar-refractivity contribution >= 4 is 17.9 Å². The van der Waals surface area contributed by atoms with Gasteiger partial charge in [0.1, 0.15) is 30.3 Å². The van der Waals surface area contributed by atoms with Crippen LogP contribution >= 0.6 is 0 Å². The van der Waals surface area contributed by atoms with Gasteiger partial charge < -0.3 is 23.7 Å². The van der Waals surface area contributed by atoms with Crippen molar-refractivity contribution in [1.82, 2.24) is 0 Å². The highest BCUT2D eigenvalue weighted by Gasteiger charge is 2.70. The van der Waals surface area contributed by atoms with Crippen molar-refractivity contribution in [3.05, 3.63) is 71.8 Å². The monoisotopic (exact) mass is 630 g/mol. The van der Waals surface area contributed by atoms with Crippen LogP contribution in [0.2, 0.25) is 0 Å². The second kappa shape index (κ2) is 12.1. The number of esters is 3. The first-order valence-corrected chi connectivity index (χ1v) is 16.4. The van der Waals surface area contributed by atoms with Gasteiger partial charge >= 0.3 is 17.9 Å². The molecule has 2 bridgehead atoms. The summed E-state index contributed by atoms with van der Waals surface area (Å²) in [6.07, 6.45) is 5.15. The molecule has 2 aromatic rings. The van der Waals surface area contributed by atoms with Gasteiger partial charge in [0.05, 0.1) is 25.3 Å². The Morgan fingerprint density at radius 1 is 0.804 bits per heavy atom. The van der Waals surface area contributed by atoms with Gasteiger partial charge in [-0.3, -0.25) is 4.79 Å². The largest absolute Gasteiger partial charge is 0.497 e. The lowest BCUT2D eigenvalue weighted by Gasteiger charge is -2.66. The predicted molar refractivity (Wildman–Crippen MR) is 172 cm³/mol. The van der Waals surface area contributed by atoms with Crippen molar-refractivity contribution in [2.45, 2.75) is 77.9 Å². The molecule has 0 N–H and O–H groups in total. The van der Waals surface area contributed by atoms with Crippen molar-refractivity contribution in [3.8, 4) is 11.5 Å². The van der Waals surface area contributed by atoms with Crippen LogP contribution in [0.1, 0.15) is 86.4 Å². The van der Waals surface area contributed by atoms with Crippen LogP contribution in [-0.2, 0) is 19.0 Å². The lowest BCUT2D eigenvalue weighted by atomic mass is 9.40. The fourth-order valence-electron chi connectivity index (χ4n) is 9.91. The molecule has 0 aliphatic heterocycles. The number of hydrogen-bond donors (Lipinski definition) is 0. The number of methoxy groups -OCH3 is 2. The van der Waals surface area contributed by atoms with E-state index in [1.54, 1.807) is 62.8 Å². The molecule has 0 heterocycles. The summed E-state index contributed by atoms with van der Waals surface area (Å²) in [6, 6.07) is 13.9. The van der Waals surface area contributed by atoms with Crippen LogP contribution in [0.15, 0.2) is 60.7 Å². The van der Waals surface area contributed by atoms with Gasteiger partial charge in [0, 0.05) is 17.8 Å². The topological polar surface area (TPSA) is 97.4 Å². The van der Waals surface area contributed by atoms with E-state index < -0.39 is 17.5 Å². The molecule has 0 aromatic heterocycles. The summed E-state index contributed by atoms with van der Waals surface area (Å²) in [4.78, 5) is 39.5. The number of carbonyl (C=O) groups is 3. The van der Waals surface area contributed by atoms with Crippen molar-refractivity contribution in [2.75, 3.05) is 20.8 Å². The minimum atomic E-state index is -0.709. The van der Waals surface area contributed by atoms with Crippen LogP contribution in [-0.4, -0.2) is 50.9 Å². The minimum Gasteiger partial charge on any atom is -0.497 e. The zero-order chi connectivity index (χ0) is 32.9. The zero-order valence-corrected chi connectivity index (χ0v) is 27.6. The zero-order valence-electron chi connectivity index (χ0n) is 27.6. The molecule has 8 nitrogen and oxygen atoms in total. The van der Waals surface area contributed by atoms with Crippen LogP contribution in [0.5, 0.6) is 11.5 Å². The fraction of sp³-hybridized carbons (Fsp3) is 0.553. The number of ether oxygens (including phenoxy) is 5. The minimum absolute atomic E-state index is 0.0449. The number of allylic oxidation sites excluding steroid dienone is 1. The summed E-state index contributed by atoms with van der Waals surface area (Å²) in [5, 5.41) is 0. The predicted octanol–water partition coefficient (Wildman–Crippen LogP) is 7.21. The molecule has 2 aromatic carbocycles. The van der Waals surface area contributed by atoms with Crippen LogP contribution in [0.3, 0.4) is 0 Å². The Hall–Kier alpha value is -3.81. The average Bonchev–Trinajstić information content (AvgIpc) is 3.30. The van der Waals surface area contributed by atoms with Crippen molar-refractivity contribution in [2.24, 2.45) is 34.0 Å². The third-order valence-electron chi connectivity index (χ3n) is 12.2. The molecule has 0 radical (unpaired) electrons. The molecule has 246 valence electrons. The number of carbonyl (C=O) groups excluding carboxylic acids is 3. The van der Waals surface area contributed by atoms with Gasteiger partial charge in [-0.25, -0.2) is 9.59 Å². The van der Waals surface area contributed by atoms with Gasteiger partial charge in [0.25, 0.3) is 0 Å². The SMILES string of the molecule is C=C1C[C@]23C[C@H]1CC[C@H]2[C@]1(C)CC[C@@H](OC(=O)c2ccc(OC)cc2)[C@](C)(COC(C)=O)C1C[C@@H]3OC(=O)c1ccc(OC)cc1. The third-order valence-corrected chi connectivity index (χ3v) is 12.2. The first-order valence-electron chi connectivity index (χ1n) is 16.4. The summed E-state index contributed by atoms with van der Waals surface area (Å²) in [7, 11) is 3.17. The van der Waals surface area contributed by atoms with Gasteiger partial charge in [0.15, 0.2) is 0 Å². The van der Waals surface area contributed by atoms with E-state index in [1.807, 2.05) is 0 Å². The number of fused-ring (bicyclic) bond motifs is 3. The van der Waals surface area contributed by atoms with E-state index in [1.165, 1.54) is 12.5 Å². The normalized spacial score (nSPS) is 34.5. The molecule has 0 saturated heterocycles. The molecule has 0 amide bonds. The highest BCUT2D eigenvalue weighted by molar-refractivity contribution is 5.90. The van der Waals surface area contributed by atoms with E-state index in [2.05, 4.69) is 20.4 Å². The maximum Gasteiger partial charge on any atom is 0.338 e. The summed E-state index contributed by atoms with van der Waals surface area (Å²) in [5.41, 5.74) is 1.11. The molecule has 4 saturated carbocycles. The van der Waals surface area contributed by atoms with Gasteiger partial charge in [0.2, 0.25) is 0 Å². The smallest absolute Gasteiger partial charge is 0.338 e. The third kappa shape index (κ3) is 5.37. The summed E-state index contributed by atoms with van der Waals surface area (Å²) in [5.74, 6) is 0.833. The number of benzene rings is 2. The Morgan fingerprint density at radius 3 is 1.91 bits per heavy atom. The first kappa shape index (κ1) is 32.1. The van der Waals surface area contributed by atoms with Crippen LogP contribution in [0, 0.1) is 34.0 Å². The lowest BCUT2D eigenvalue weighted by molar-refractivity contribution is -0.232. The van der Waals surface area contributed by atoms with Crippen LogP contribution in [0.4, 0.5) is 0 Å². The average molecular weight is 631 g/mol.